The summed E-state index contributed by atoms with van der Waals surface area (Å²) in [5.74, 6) is -1.10. The second kappa shape index (κ2) is 8.17. The van der Waals surface area contributed by atoms with Crippen molar-refractivity contribution in [2.75, 3.05) is 7.11 Å². The van der Waals surface area contributed by atoms with Gasteiger partial charge in [0.05, 0.1) is 7.11 Å². The summed E-state index contributed by atoms with van der Waals surface area (Å²) in [7, 11) is 1.23. The summed E-state index contributed by atoms with van der Waals surface area (Å²) in [6.07, 6.45) is -0.715. The summed E-state index contributed by atoms with van der Waals surface area (Å²) in [5, 5.41) is 4.91. The van der Waals surface area contributed by atoms with Gasteiger partial charge >= 0.3 is 12.1 Å². The van der Waals surface area contributed by atoms with Crippen LogP contribution in [0.1, 0.15) is 26.3 Å². The van der Waals surface area contributed by atoms with E-state index < -0.39 is 29.6 Å². The van der Waals surface area contributed by atoms with Crippen molar-refractivity contribution in [1.29, 1.82) is 0 Å². The molecule has 0 bridgehead atoms. The number of carbonyl (C=O) groups is 3. The smallest absolute Gasteiger partial charge is 0.408 e. The van der Waals surface area contributed by atoms with E-state index in [1.807, 2.05) is 30.3 Å². The van der Waals surface area contributed by atoms with Crippen molar-refractivity contribution in [1.82, 2.24) is 10.6 Å². The molecule has 0 aliphatic carbocycles. The minimum Gasteiger partial charge on any atom is -0.467 e. The molecule has 1 rings (SSSR count). The average Bonchev–Trinajstić information content (AvgIpc) is 2.52. The van der Waals surface area contributed by atoms with E-state index in [0.717, 1.165) is 5.56 Å². The molecule has 1 aromatic rings. The maximum absolute atomic E-state index is 12.0. The number of esters is 1. The van der Waals surface area contributed by atoms with Crippen LogP contribution in [0.4, 0.5) is 4.79 Å². The zero-order valence-electron chi connectivity index (χ0n) is 13.7. The van der Waals surface area contributed by atoms with E-state index in [0.29, 0.717) is 0 Å². The predicted octanol–water partition coefficient (Wildman–Crippen LogP) is 1.37. The molecule has 0 saturated carbocycles. The van der Waals surface area contributed by atoms with Gasteiger partial charge in [-0.1, -0.05) is 30.3 Å². The highest BCUT2D eigenvalue weighted by Crippen LogP contribution is 2.05. The van der Waals surface area contributed by atoms with Crippen molar-refractivity contribution < 1.29 is 23.9 Å². The molecule has 2 amide bonds. The topological polar surface area (TPSA) is 93.7 Å². The highest BCUT2D eigenvalue weighted by atomic mass is 16.5. The van der Waals surface area contributed by atoms with Gasteiger partial charge < -0.3 is 20.1 Å². The molecule has 126 valence electrons. The van der Waals surface area contributed by atoms with Crippen LogP contribution in [-0.4, -0.2) is 36.7 Å². The van der Waals surface area contributed by atoms with Gasteiger partial charge in [-0.3, -0.25) is 4.79 Å². The third-order valence-corrected chi connectivity index (χ3v) is 3.07. The molecule has 23 heavy (non-hydrogen) atoms. The highest BCUT2D eigenvalue weighted by Gasteiger charge is 2.32. The zero-order valence-corrected chi connectivity index (χ0v) is 13.7. The molecule has 0 radical (unpaired) electrons. The monoisotopic (exact) mass is 322 g/mol. The van der Waals surface area contributed by atoms with Crippen LogP contribution in [0.15, 0.2) is 30.3 Å². The van der Waals surface area contributed by atoms with E-state index in [1.165, 1.54) is 27.9 Å². The van der Waals surface area contributed by atoms with Gasteiger partial charge in [0.1, 0.15) is 18.2 Å². The molecule has 0 aliphatic rings. The fraction of sp³-hybridized carbons (Fsp3) is 0.438. The molecular weight excluding hydrogens is 300 g/mol. The quantitative estimate of drug-likeness (QED) is 0.772. The molecule has 0 spiro atoms. The van der Waals surface area contributed by atoms with Crippen molar-refractivity contribution in [2.24, 2.45) is 0 Å². The van der Waals surface area contributed by atoms with Gasteiger partial charge in [0.15, 0.2) is 0 Å². The van der Waals surface area contributed by atoms with E-state index in [1.54, 1.807) is 0 Å². The SMILES string of the molecule is COC(=O)C(C)(C)NC(=O)C(C)NC(=O)OCc1ccccc1. The minimum atomic E-state index is -1.18. The lowest BCUT2D eigenvalue weighted by Gasteiger charge is -2.25. The number of carbonyl (C=O) groups excluding carboxylic acids is 3. The summed E-state index contributed by atoms with van der Waals surface area (Å²) in [5.41, 5.74) is -0.345. The van der Waals surface area contributed by atoms with Crippen LogP contribution in [0.3, 0.4) is 0 Å². The third kappa shape index (κ3) is 5.98. The van der Waals surface area contributed by atoms with Crippen LogP contribution in [-0.2, 0) is 25.7 Å². The number of methoxy groups -OCH3 is 1. The van der Waals surface area contributed by atoms with Crippen molar-refractivity contribution in [2.45, 2.75) is 39.0 Å². The largest absolute Gasteiger partial charge is 0.467 e. The van der Waals surface area contributed by atoms with Crippen molar-refractivity contribution in [3.05, 3.63) is 35.9 Å². The maximum Gasteiger partial charge on any atom is 0.408 e. The van der Waals surface area contributed by atoms with Gasteiger partial charge in [-0.2, -0.15) is 0 Å². The van der Waals surface area contributed by atoms with Gasteiger partial charge in [0.25, 0.3) is 0 Å². The standard InChI is InChI=1S/C16H22N2O5/c1-11(13(19)18-16(2,3)14(20)22-4)17-15(21)23-10-12-8-6-5-7-9-12/h5-9,11H,10H2,1-4H3,(H,17,21)(H,18,19). The second-order valence-electron chi connectivity index (χ2n) is 5.53. The molecule has 7 heteroatoms. The van der Waals surface area contributed by atoms with Crippen molar-refractivity contribution in [3.63, 3.8) is 0 Å². The molecule has 0 saturated heterocycles. The lowest BCUT2D eigenvalue weighted by molar-refractivity contribution is -0.149. The van der Waals surface area contributed by atoms with E-state index in [2.05, 4.69) is 15.4 Å². The Hall–Kier alpha value is -2.57. The van der Waals surface area contributed by atoms with E-state index in [4.69, 9.17) is 4.74 Å². The molecular formula is C16H22N2O5. The van der Waals surface area contributed by atoms with Crippen LogP contribution in [0.25, 0.3) is 0 Å². The Morgan fingerprint density at radius 1 is 1.17 bits per heavy atom. The Morgan fingerprint density at radius 3 is 2.35 bits per heavy atom. The summed E-state index contributed by atoms with van der Waals surface area (Å²) >= 11 is 0. The van der Waals surface area contributed by atoms with Gasteiger partial charge in [-0.15, -0.1) is 0 Å². The zero-order chi connectivity index (χ0) is 17.5. The molecule has 0 aliphatic heterocycles. The van der Waals surface area contributed by atoms with Crippen LogP contribution < -0.4 is 10.6 Å². The normalized spacial score (nSPS) is 12.0. The number of amides is 2. The Balaban J connectivity index is 2.45. The van der Waals surface area contributed by atoms with Crippen LogP contribution in [0, 0.1) is 0 Å². The first-order valence-electron chi connectivity index (χ1n) is 7.14. The van der Waals surface area contributed by atoms with Crippen molar-refractivity contribution >= 4 is 18.0 Å². The molecule has 0 fully saturated rings. The van der Waals surface area contributed by atoms with Crippen LogP contribution >= 0.6 is 0 Å². The third-order valence-electron chi connectivity index (χ3n) is 3.07. The highest BCUT2D eigenvalue weighted by molar-refractivity contribution is 5.91. The van der Waals surface area contributed by atoms with Crippen LogP contribution in [0.2, 0.25) is 0 Å². The summed E-state index contributed by atoms with van der Waals surface area (Å²) in [6.45, 7) is 4.62. The predicted molar refractivity (Wildman–Crippen MR) is 83.5 cm³/mol. The number of alkyl carbamates (subject to hydrolysis) is 1. The number of benzene rings is 1. The molecule has 2 N–H and O–H groups in total. The Bertz CT molecular complexity index is 557. The Kier molecular flexibility index (Phi) is 6.56. The molecule has 1 aromatic carbocycles. The second-order valence-corrected chi connectivity index (χ2v) is 5.53. The number of hydrogen-bond donors (Lipinski definition) is 2. The fourth-order valence-corrected chi connectivity index (χ4v) is 1.73. The lowest BCUT2D eigenvalue weighted by atomic mass is 10.1. The van der Waals surface area contributed by atoms with Crippen molar-refractivity contribution in [3.8, 4) is 0 Å². The number of hydrogen-bond acceptors (Lipinski definition) is 5. The molecule has 0 aromatic heterocycles. The van der Waals surface area contributed by atoms with Gasteiger partial charge in [-0.05, 0) is 26.3 Å². The number of ether oxygens (including phenoxy) is 2. The maximum atomic E-state index is 12.0. The van der Waals surface area contributed by atoms with Gasteiger partial charge in [0.2, 0.25) is 5.91 Å². The summed E-state index contributed by atoms with van der Waals surface area (Å²) in [4.78, 5) is 35.2. The molecule has 7 nitrogen and oxygen atoms in total. The first kappa shape index (κ1) is 18.5. The van der Waals surface area contributed by atoms with E-state index >= 15 is 0 Å². The van der Waals surface area contributed by atoms with Gasteiger partial charge in [-0.25, -0.2) is 9.59 Å². The number of nitrogens with one attached hydrogen (secondary N) is 2. The average molecular weight is 322 g/mol. The fourth-order valence-electron chi connectivity index (χ4n) is 1.73. The van der Waals surface area contributed by atoms with Gasteiger partial charge in [0, 0.05) is 0 Å². The first-order valence-corrected chi connectivity index (χ1v) is 7.14. The molecule has 1 atom stereocenters. The Labute approximate surface area is 135 Å². The van der Waals surface area contributed by atoms with Crippen LogP contribution in [0.5, 0.6) is 0 Å². The first-order chi connectivity index (χ1) is 10.8. The minimum absolute atomic E-state index is 0.106. The summed E-state index contributed by atoms with van der Waals surface area (Å²) in [6, 6.07) is 8.31. The van der Waals surface area contributed by atoms with E-state index in [9.17, 15) is 14.4 Å². The molecule has 1 unspecified atom stereocenters. The molecule has 0 heterocycles. The number of rotatable bonds is 6. The lowest BCUT2D eigenvalue weighted by Crippen LogP contribution is -2.55. The summed E-state index contributed by atoms with van der Waals surface area (Å²) < 4.78 is 9.62. The Morgan fingerprint density at radius 2 is 1.78 bits per heavy atom. The van der Waals surface area contributed by atoms with E-state index in [-0.39, 0.29) is 6.61 Å².